The molecule has 0 saturated carbocycles. The molecule has 0 radical (unpaired) electrons. The molecule has 1 aliphatic rings. The van der Waals surface area contributed by atoms with Crippen LogP contribution in [0.5, 0.6) is 0 Å². The molecule has 0 aliphatic carbocycles. The van der Waals surface area contributed by atoms with Gasteiger partial charge in [0, 0.05) is 20.2 Å². The van der Waals surface area contributed by atoms with Crippen LogP contribution >= 0.6 is 0 Å². The second kappa shape index (κ2) is 4.70. The molecule has 1 aliphatic heterocycles. The first-order valence-electron chi connectivity index (χ1n) is 5.72. The van der Waals surface area contributed by atoms with Gasteiger partial charge in [-0.1, -0.05) is 0 Å². The van der Waals surface area contributed by atoms with Gasteiger partial charge >= 0.3 is 0 Å². The first kappa shape index (κ1) is 11.2. The van der Waals surface area contributed by atoms with E-state index in [0.717, 1.165) is 37.4 Å². The van der Waals surface area contributed by atoms with E-state index < -0.39 is 0 Å². The van der Waals surface area contributed by atoms with Crippen molar-refractivity contribution >= 4 is 11.4 Å². The van der Waals surface area contributed by atoms with Crippen molar-refractivity contribution in [3.05, 3.63) is 18.5 Å². The van der Waals surface area contributed by atoms with E-state index >= 15 is 0 Å². The third kappa shape index (κ3) is 2.64. The summed E-state index contributed by atoms with van der Waals surface area (Å²) in [4.78, 5) is 4.16. The van der Waals surface area contributed by atoms with Crippen LogP contribution in [0.25, 0.3) is 0 Å². The van der Waals surface area contributed by atoms with Crippen molar-refractivity contribution in [2.75, 3.05) is 30.8 Å². The summed E-state index contributed by atoms with van der Waals surface area (Å²) in [6, 6.07) is 2.05. The fourth-order valence-electron chi connectivity index (χ4n) is 1.94. The van der Waals surface area contributed by atoms with E-state index in [4.69, 9.17) is 4.74 Å². The second-order valence-electron chi connectivity index (χ2n) is 4.47. The Morgan fingerprint density at radius 2 is 2.25 bits per heavy atom. The fraction of sp³-hybridized carbons (Fsp3) is 0.583. The van der Waals surface area contributed by atoms with Crippen LogP contribution in [-0.4, -0.2) is 30.8 Å². The lowest BCUT2D eigenvalue weighted by atomic mass is 10.0. The Bertz CT molecular complexity index is 348. The van der Waals surface area contributed by atoms with Crippen LogP contribution in [0.3, 0.4) is 0 Å². The van der Waals surface area contributed by atoms with Crippen molar-refractivity contribution in [2.24, 2.45) is 0 Å². The summed E-state index contributed by atoms with van der Waals surface area (Å²) in [6.45, 7) is 3.87. The van der Waals surface area contributed by atoms with Crippen molar-refractivity contribution in [2.45, 2.75) is 25.4 Å². The smallest absolute Gasteiger partial charge is 0.0826 e. The van der Waals surface area contributed by atoms with Crippen molar-refractivity contribution in [3.8, 4) is 0 Å². The van der Waals surface area contributed by atoms with Crippen LogP contribution in [0.2, 0.25) is 0 Å². The van der Waals surface area contributed by atoms with E-state index in [2.05, 4.69) is 22.5 Å². The van der Waals surface area contributed by atoms with E-state index in [0.29, 0.717) is 0 Å². The van der Waals surface area contributed by atoms with Crippen LogP contribution in [0.15, 0.2) is 18.5 Å². The maximum absolute atomic E-state index is 5.72. The number of ether oxygens (including phenoxy) is 1. The molecule has 1 aromatic rings. The molecule has 1 fully saturated rings. The molecule has 88 valence electrons. The topological polar surface area (TPSA) is 46.2 Å². The molecule has 1 atom stereocenters. The van der Waals surface area contributed by atoms with Gasteiger partial charge in [0.05, 0.1) is 29.4 Å². The molecule has 0 bridgehead atoms. The van der Waals surface area contributed by atoms with Gasteiger partial charge in [-0.25, -0.2) is 0 Å². The summed E-state index contributed by atoms with van der Waals surface area (Å²) in [5, 5.41) is 6.45. The molecule has 2 rings (SSSR count). The predicted octanol–water partition coefficient (Wildman–Crippen LogP) is 2.10. The zero-order valence-corrected chi connectivity index (χ0v) is 9.92. The van der Waals surface area contributed by atoms with Crippen LogP contribution in [-0.2, 0) is 4.74 Å². The van der Waals surface area contributed by atoms with E-state index in [1.807, 2.05) is 19.3 Å². The van der Waals surface area contributed by atoms with E-state index in [1.165, 1.54) is 0 Å². The summed E-state index contributed by atoms with van der Waals surface area (Å²) in [7, 11) is 1.89. The normalized spacial score (nSPS) is 24.4. The van der Waals surface area contributed by atoms with Gasteiger partial charge in [0.15, 0.2) is 0 Å². The highest BCUT2D eigenvalue weighted by molar-refractivity contribution is 5.53. The lowest BCUT2D eigenvalue weighted by molar-refractivity contribution is 0.0315. The molecule has 4 heteroatoms. The zero-order valence-electron chi connectivity index (χ0n) is 9.92. The molecular weight excluding hydrogens is 202 g/mol. The first-order valence-corrected chi connectivity index (χ1v) is 5.72. The summed E-state index contributed by atoms with van der Waals surface area (Å²) < 4.78 is 5.72. The van der Waals surface area contributed by atoms with Gasteiger partial charge in [-0.15, -0.1) is 0 Å². The Kier molecular flexibility index (Phi) is 3.29. The van der Waals surface area contributed by atoms with E-state index in [-0.39, 0.29) is 5.60 Å². The average molecular weight is 221 g/mol. The molecule has 1 aromatic heterocycles. The minimum absolute atomic E-state index is 0.0182. The number of pyridine rings is 1. The highest BCUT2D eigenvalue weighted by atomic mass is 16.5. The molecular formula is C12H19N3O. The van der Waals surface area contributed by atoms with Crippen molar-refractivity contribution < 1.29 is 4.74 Å². The Labute approximate surface area is 96.4 Å². The molecule has 4 nitrogen and oxygen atoms in total. The first-order chi connectivity index (χ1) is 7.72. The Morgan fingerprint density at radius 1 is 1.44 bits per heavy atom. The highest BCUT2D eigenvalue weighted by Crippen LogP contribution is 2.25. The highest BCUT2D eigenvalue weighted by Gasteiger charge is 2.29. The number of anilines is 2. The lowest BCUT2D eigenvalue weighted by Gasteiger charge is -2.24. The third-order valence-corrected chi connectivity index (χ3v) is 2.99. The Hall–Kier alpha value is -1.29. The zero-order chi connectivity index (χ0) is 11.4. The number of rotatable bonds is 4. The standard InChI is InChI=1S/C12H19N3O/c1-12(4-3-5-16-12)9-15-11-6-10(13-2)7-14-8-11/h6-8,13,15H,3-5,9H2,1-2H3. The number of nitrogens with zero attached hydrogens (tertiary/aromatic N) is 1. The van der Waals surface area contributed by atoms with Gasteiger partial charge in [-0.05, 0) is 25.8 Å². The van der Waals surface area contributed by atoms with Crippen molar-refractivity contribution in [3.63, 3.8) is 0 Å². The molecule has 2 N–H and O–H groups in total. The maximum atomic E-state index is 5.72. The average Bonchev–Trinajstić information content (AvgIpc) is 2.75. The number of hydrogen-bond donors (Lipinski definition) is 2. The number of aromatic nitrogens is 1. The van der Waals surface area contributed by atoms with Gasteiger partial charge in [-0.3, -0.25) is 4.98 Å². The summed E-state index contributed by atoms with van der Waals surface area (Å²) in [6.07, 6.45) is 5.92. The molecule has 0 aromatic carbocycles. The van der Waals surface area contributed by atoms with Crippen molar-refractivity contribution in [1.82, 2.24) is 4.98 Å². The van der Waals surface area contributed by atoms with Crippen molar-refractivity contribution in [1.29, 1.82) is 0 Å². The third-order valence-electron chi connectivity index (χ3n) is 2.99. The lowest BCUT2D eigenvalue weighted by Crippen LogP contribution is -2.32. The van der Waals surface area contributed by atoms with Gasteiger partial charge in [0.1, 0.15) is 0 Å². The monoisotopic (exact) mass is 221 g/mol. The minimum atomic E-state index is -0.0182. The number of nitrogens with one attached hydrogen (secondary N) is 2. The van der Waals surface area contributed by atoms with Gasteiger partial charge in [-0.2, -0.15) is 0 Å². The van der Waals surface area contributed by atoms with Gasteiger partial charge < -0.3 is 15.4 Å². The quantitative estimate of drug-likeness (QED) is 0.817. The predicted molar refractivity (Wildman–Crippen MR) is 65.9 cm³/mol. The van der Waals surface area contributed by atoms with Crippen LogP contribution in [0, 0.1) is 0 Å². The molecule has 16 heavy (non-hydrogen) atoms. The molecule has 0 amide bonds. The van der Waals surface area contributed by atoms with Gasteiger partial charge in [0.25, 0.3) is 0 Å². The van der Waals surface area contributed by atoms with E-state index in [9.17, 15) is 0 Å². The van der Waals surface area contributed by atoms with Gasteiger partial charge in [0.2, 0.25) is 0 Å². The molecule has 2 heterocycles. The SMILES string of the molecule is CNc1cncc(NCC2(C)CCCO2)c1. The maximum Gasteiger partial charge on any atom is 0.0826 e. The molecule has 1 saturated heterocycles. The minimum Gasteiger partial charge on any atom is -0.387 e. The molecule has 0 spiro atoms. The summed E-state index contributed by atoms with van der Waals surface area (Å²) in [5.41, 5.74) is 2.03. The Morgan fingerprint density at radius 3 is 2.94 bits per heavy atom. The van der Waals surface area contributed by atoms with Crippen LogP contribution in [0.1, 0.15) is 19.8 Å². The summed E-state index contributed by atoms with van der Waals surface area (Å²) >= 11 is 0. The van der Waals surface area contributed by atoms with Crippen LogP contribution in [0.4, 0.5) is 11.4 Å². The second-order valence-corrected chi connectivity index (χ2v) is 4.47. The Balaban J connectivity index is 1.93. The fourth-order valence-corrected chi connectivity index (χ4v) is 1.94. The van der Waals surface area contributed by atoms with Crippen LogP contribution < -0.4 is 10.6 Å². The van der Waals surface area contributed by atoms with E-state index in [1.54, 1.807) is 6.20 Å². The molecule has 1 unspecified atom stereocenters. The number of hydrogen-bond acceptors (Lipinski definition) is 4. The summed E-state index contributed by atoms with van der Waals surface area (Å²) in [5.74, 6) is 0. The largest absolute Gasteiger partial charge is 0.387 e.